The van der Waals surface area contributed by atoms with E-state index in [1.54, 1.807) is 13.2 Å². The summed E-state index contributed by atoms with van der Waals surface area (Å²) >= 11 is 0. The van der Waals surface area contributed by atoms with Gasteiger partial charge < -0.3 is 19.7 Å². The van der Waals surface area contributed by atoms with Crippen LogP contribution in [0.15, 0.2) is 30.3 Å². The average Bonchev–Trinajstić information content (AvgIpc) is 2.68. The largest absolute Gasteiger partial charge is 0.497 e. The molecule has 1 heterocycles. The zero-order valence-electron chi connectivity index (χ0n) is 9.61. The van der Waals surface area contributed by atoms with Gasteiger partial charge in [-0.2, -0.15) is 0 Å². The molecule has 0 spiro atoms. The Morgan fingerprint density at radius 3 is 2.53 bits per heavy atom. The second-order valence-corrected chi connectivity index (χ2v) is 3.99. The van der Waals surface area contributed by atoms with Gasteiger partial charge >= 0.3 is 0 Å². The summed E-state index contributed by atoms with van der Waals surface area (Å²) in [5, 5.41) is 18.9. The highest BCUT2D eigenvalue weighted by Crippen LogP contribution is 2.17. The number of aliphatic hydroxyl groups excluding tert-OH is 2. The van der Waals surface area contributed by atoms with Crippen LogP contribution in [0.25, 0.3) is 6.08 Å². The number of methoxy groups -OCH3 is 1. The molecule has 0 saturated carbocycles. The molecule has 1 saturated heterocycles. The quantitative estimate of drug-likeness (QED) is 0.816. The van der Waals surface area contributed by atoms with Gasteiger partial charge in [0.1, 0.15) is 24.1 Å². The second kappa shape index (κ2) is 5.31. The highest BCUT2D eigenvalue weighted by molar-refractivity contribution is 5.51. The Morgan fingerprint density at radius 1 is 1.29 bits per heavy atom. The fourth-order valence-corrected chi connectivity index (χ4v) is 1.72. The minimum Gasteiger partial charge on any atom is -0.497 e. The first-order valence-corrected chi connectivity index (χ1v) is 5.50. The Kier molecular flexibility index (Phi) is 3.78. The predicted molar refractivity (Wildman–Crippen MR) is 63.8 cm³/mol. The summed E-state index contributed by atoms with van der Waals surface area (Å²) < 4.78 is 10.3. The average molecular weight is 236 g/mol. The maximum atomic E-state index is 9.57. The molecule has 0 bridgehead atoms. The van der Waals surface area contributed by atoms with Crippen LogP contribution < -0.4 is 4.74 Å². The van der Waals surface area contributed by atoms with Crippen LogP contribution >= 0.6 is 0 Å². The van der Waals surface area contributed by atoms with E-state index in [9.17, 15) is 10.2 Å². The third-order valence-corrected chi connectivity index (χ3v) is 2.78. The van der Waals surface area contributed by atoms with Gasteiger partial charge in [-0.25, -0.2) is 0 Å². The van der Waals surface area contributed by atoms with Crippen molar-refractivity contribution in [3.05, 3.63) is 35.9 Å². The molecule has 92 valence electrons. The number of benzene rings is 1. The smallest absolute Gasteiger partial charge is 0.118 e. The van der Waals surface area contributed by atoms with Gasteiger partial charge in [-0.3, -0.25) is 0 Å². The summed E-state index contributed by atoms with van der Waals surface area (Å²) in [7, 11) is 1.62. The van der Waals surface area contributed by atoms with E-state index in [2.05, 4.69) is 0 Å². The minimum absolute atomic E-state index is 0.179. The molecule has 0 aromatic heterocycles. The molecule has 4 nitrogen and oxygen atoms in total. The van der Waals surface area contributed by atoms with Gasteiger partial charge in [0, 0.05) is 0 Å². The summed E-state index contributed by atoms with van der Waals surface area (Å²) in [6.45, 7) is 0.179. The van der Waals surface area contributed by atoms with Gasteiger partial charge in [0.05, 0.1) is 13.7 Å². The number of hydrogen-bond acceptors (Lipinski definition) is 4. The maximum Gasteiger partial charge on any atom is 0.118 e. The lowest BCUT2D eigenvalue weighted by Crippen LogP contribution is -2.28. The van der Waals surface area contributed by atoms with E-state index in [-0.39, 0.29) is 6.61 Å². The minimum atomic E-state index is -0.843. The molecule has 1 aliphatic rings. The summed E-state index contributed by atoms with van der Waals surface area (Å²) in [5.41, 5.74) is 0.989. The van der Waals surface area contributed by atoms with Gasteiger partial charge in [-0.05, 0) is 17.7 Å². The molecular weight excluding hydrogens is 220 g/mol. The van der Waals surface area contributed by atoms with Crippen LogP contribution in [0.5, 0.6) is 5.75 Å². The molecule has 1 fully saturated rings. The van der Waals surface area contributed by atoms with Crippen molar-refractivity contribution in [3.63, 3.8) is 0 Å². The molecule has 0 aliphatic carbocycles. The highest BCUT2D eigenvalue weighted by Gasteiger charge is 2.32. The fourth-order valence-electron chi connectivity index (χ4n) is 1.72. The van der Waals surface area contributed by atoms with Gasteiger partial charge in [0.15, 0.2) is 0 Å². The van der Waals surface area contributed by atoms with Gasteiger partial charge in [0.25, 0.3) is 0 Å². The van der Waals surface area contributed by atoms with Gasteiger partial charge in [-0.1, -0.05) is 24.3 Å². The summed E-state index contributed by atoms with van der Waals surface area (Å²) in [5.74, 6) is 0.801. The number of aliphatic hydroxyl groups is 2. The van der Waals surface area contributed by atoms with E-state index in [0.717, 1.165) is 11.3 Å². The Bertz CT molecular complexity index is 385. The Labute approximate surface area is 100 Å². The molecule has 1 unspecified atom stereocenters. The van der Waals surface area contributed by atoms with Crippen molar-refractivity contribution in [2.45, 2.75) is 18.3 Å². The standard InChI is InChI=1S/C13H16O4/c1-16-10-5-2-9(3-6-10)4-7-12-13(15)11(14)8-17-12/h2-7,11-15H,8H2,1H3/b7-4+/t11-,12?,13-/m0/s1. The third kappa shape index (κ3) is 2.85. The van der Waals surface area contributed by atoms with E-state index in [0.29, 0.717) is 0 Å². The van der Waals surface area contributed by atoms with Crippen molar-refractivity contribution in [1.29, 1.82) is 0 Å². The normalized spacial score (nSPS) is 28.8. The zero-order chi connectivity index (χ0) is 12.3. The molecule has 2 N–H and O–H groups in total. The SMILES string of the molecule is COc1ccc(/C=C/C2OC[C@H](O)[C@@H]2O)cc1. The topological polar surface area (TPSA) is 58.9 Å². The van der Waals surface area contributed by atoms with E-state index in [1.165, 1.54) is 0 Å². The Morgan fingerprint density at radius 2 is 2.00 bits per heavy atom. The molecule has 1 aromatic carbocycles. The van der Waals surface area contributed by atoms with Crippen LogP contribution in [0.3, 0.4) is 0 Å². The lowest BCUT2D eigenvalue weighted by atomic mass is 10.1. The zero-order valence-corrected chi connectivity index (χ0v) is 9.61. The fraction of sp³-hybridized carbons (Fsp3) is 0.385. The van der Waals surface area contributed by atoms with Crippen LogP contribution in [0.2, 0.25) is 0 Å². The summed E-state index contributed by atoms with van der Waals surface area (Å²) in [6.07, 6.45) is 1.53. The van der Waals surface area contributed by atoms with E-state index >= 15 is 0 Å². The van der Waals surface area contributed by atoms with Crippen LogP contribution in [-0.2, 0) is 4.74 Å². The second-order valence-electron chi connectivity index (χ2n) is 3.99. The van der Waals surface area contributed by atoms with Gasteiger partial charge in [0.2, 0.25) is 0 Å². The van der Waals surface area contributed by atoms with Crippen LogP contribution in [0, 0.1) is 0 Å². The molecular formula is C13H16O4. The monoisotopic (exact) mass is 236 g/mol. The van der Waals surface area contributed by atoms with E-state index in [1.807, 2.05) is 30.3 Å². The van der Waals surface area contributed by atoms with E-state index < -0.39 is 18.3 Å². The molecule has 17 heavy (non-hydrogen) atoms. The predicted octanol–water partition coefficient (Wildman–Crippen LogP) is 0.829. The molecule has 2 rings (SSSR count). The van der Waals surface area contributed by atoms with Crippen molar-refractivity contribution < 1.29 is 19.7 Å². The molecule has 3 atom stereocenters. The number of ether oxygens (including phenoxy) is 2. The van der Waals surface area contributed by atoms with Crippen molar-refractivity contribution in [2.24, 2.45) is 0 Å². The lowest BCUT2D eigenvalue weighted by molar-refractivity contribution is 0.0422. The third-order valence-electron chi connectivity index (χ3n) is 2.78. The Hall–Kier alpha value is -1.36. The van der Waals surface area contributed by atoms with Crippen molar-refractivity contribution in [2.75, 3.05) is 13.7 Å². The molecule has 0 amide bonds. The molecule has 0 radical (unpaired) electrons. The van der Waals surface area contributed by atoms with Crippen molar-refractivity contribution in [1.82, 2.24) is 0 Å². The number of hydrogen-bond donors (Lipinski definition) is 2. The van der Waals surface area contributed by atoms with Crippen LogP contribution in [0.4, 0.5) is 0 Å². The first kappa shape index (κ1) is 12.1. The first-order valence-electron chi connectivity index (χ1n) is 5.50. The summed E-state index contributed by atoms with van der Waals surface area (Å²) in [6, 6.07) is 7.54. The maximum absolute atomic E-state index is 9.57. The lowest BCUT2D eigenvalue weighted by Gasteiger charge is -2.09. The van der Waals surface area contributed by atoms with Crippen LogP contribution in [-0.4, -0.2) is 42.2 Å². The Balaban J connectivity index is 2.00. The molecule has 4 heteroatoms. The van der Waals surface area contributed by atoms with Crippen molar-refractivity contribution in [3.8, 4) is 5.75 Å². The molecule has 1 aliphatic heterocycles. The van der Waals surface area contributed by atoms with Gasteiger partial charge in [-0.15, -0.1) is 0 Å². The highest BCUT2D eigenvalue weighted by atomic mass is 16.5. The number of rotatable bonds is 3. The van der Waals surface area contributed by atoms with Crippen LogP contribution in [0.1, 0.15) is 5.56 Å². The summed E-state index contributed by atoms with van der Waals surface area (Å²) in [4.78, 5) is 0. The molecule has 1 aromatic rings. The first-order chi connectivity index (χ1) is 8.20. The van der Waals surface area contributed by atoms with Crippen molar-refractivity contribution >= 4 is 6.08 Å². The van der Waals surface area contributed by atoms with E-state index in [4.69, 9.17) is 9.47 Å².